The second-order valence-electron chi connectivity index (χ2n) is 3.81. The average Bonchev–Trinajstić information content (AvgIpc) is 2.67. The number of fused-ring (bicyclic) bond motifs is 1. The van der Waals surface area contributed by atoms with Crippen LogP contribution in [-0.4, -0.2) is 26.9 Å². The Morgan fingerprint density at radius 3 is 3.19 bits per heavy atom. The lowest BCUT2D eigenvalue weighted by atomic mass is 10.3. The minimum absolute atomic E-state index is 0.277. The molecule has 0 saturated heterocycles. The van der Waals surface area contributed by atoms with Gasteiger partial charge in [-0.25, -0.2) is 4.98 Å². The summed E-state index contributed by atoms with van der Waals surface area (Å²) < 4.78 is 2.12. The van der Waals surface area contributed by atoms with E-state index < -0.39 is 0 Å². The van der Waals surface area contributed by atoms with Crippen LogP contribution in [0, 0.1) is 6.92 Å². The molecule has 0 amide bonds. The van der Waals surface area contributed by atoms with Crippen molar-refractivity contribution in [3.63, 3.8) is 0 Å². The molecule has 2 aromatic rings. The van der Waals surface area contributed by atoms with Gasteiger partial charge in [0.1, 0.15) is 5.65 Å². The summed E-state index contributed by atoms with van der Waals surface area (Å²) in [6.07, 6.45) is 4.86. The molecule has 1 N–H and O–H groups in total. The third-order valence-electron chi connectivity index (χ3n) is 2.44. The number of aliphatic hydroxyl groups is 1. The molecule has 2 rings (SSSR count). The van der Waals surface area contributed by atoms with Crippen molar-refractivity contribution >= 4 is 17.4 Å². The van der Waals surface area contributed by atoms with Gasteiger partial charge in [0.05, 0.1) is 11.9 Å². The predicted molar refractivity (Wildman–Crippen MR) is 67.8 cm³/mol. The smallest absolute Gasteiger partial charge is 0.137 e. The van der Waals surface area contributed by atoms with Crippen molar-refractivity contribution in [3.05, 3.63) is 35.8 Å². The first-order valence-corrected chi connectivity index (χ1v) is 6.58. The second-order valence-corrected chi connectivity index (χ2v) is 4.92. The summed E-state index contributed by atoms with van der Waals surface area (Å²) in [5, 5.41) is 8.69. The molecular weight excluding hydrogens is 220 g/mol. The van der Waals surface area contributed by atoms with E-state index in [1.807, 2.05) is 18.0 Å². The van der Waals surface area contributed by atoms with E-state index in [9.17, 15) is 0 Å². The number of aliphatic hydroxyl groups excluding tert-OH is 1. The zero-order valence-electron chi connectivity index (χ0n) is 9.39. The van der Waals surface area contributed by atoms with Crippen LogP contribution in [0.3, 0.4) is 0 Å². The van der Waals surface area contributed by atoms with Crippen LogP contribution in [0.4, 0.5) is 0 Å². The molecule has 2 heterocycles. The predicted octanol–water partition coefficient (Wildman–Crippen LogP) is 2.26. The van der Waals surface area contributed by atoms with E-state index in [1.165, 1.54) is 11.3 Å². The molecule has 0 bridgehead atoms. The van der Waals surface area contributed by atoms with E-state index >= 15 is 0 Å². The highest BCUT2D eigenvalue weighted by Crippen LogP contribution is 2.15. The zero-order chi connectivity index (χ0) is 11.4. The number of hydrogen-bond acceptors (Lipinski definition) is 3. The maximum Gasteiger partial charge on any atom is 0.137 e. The Kier molecular flexibility index (Phi) is 3.85. The Hall–Kier alpha value is -1.00. The maximum absolute atomic E-state index is 8.69. The van der Waals surface area contributed by atoms with Gasteiger partial charge in [-0.2, -0.15) is 11.8 Å². The molecule has 2 aromatic heterocycles. The first-order valence-electron chi connectivity index (χ1n) is 5.42. The van der Waals surface area contributed by atoms with Gasteiger partial charge in [-0.15, -0.1) is 0 Å². The molecule has 86 valence electrons. The summed E-state index contributed by atoms with van der Waals surface area (Å²) in [7, 11) is 0. The molecule has 0 saturated carbocycles. The molecule has 0 atom stereocenters. The fourth-order valence-corrected chi connectivity index (χ4v) is 2.49. The lowest BCUT2D eigenvalue weighted by molar-refractivity contribution is 0.296. The summed E-state index contributed by atoms with van der Waals surface area (Å²) in [5.74, 6) is 1.94. The van der Waals surface area contributed by atoms with Crippen molar-refractivity contribution in [2.75, 3.05) is 12.4 Å². The molecule has 0 aliphatic rings. The summed E-state index contributed by atoms with van der Waals surface area (Å²) >= 11 is 1.83. The second kappa shape index (κ2) is 5.37. The van der Waals surface area contributed by atoms with Crippen LogP contribution in [0.15, 0.2) is 24.5 Å². The van der Waals surface area contributed by atoms with Gasteiger partial charge in [-0.05, 0) is 36.8 Å². The minimum atomic E-state index is 0.277. The van der Waals surface area contributed by atoms with Crippen molar-refractivity contribution in [3.8, 4) is 0 Å². The number of nitrogens with zero attached hydrogens (tertiary/aromatic N) is 2. The van der Waals surface area contributed by atoms with Crippen molar-refractivity contribution in [1.82, 2.24) is 9.38 Å². The van der Waals surface area contributed by atoms with Crippen molar-refractivity contribution < 1.29 is 5.11 Å². The van der Waals surface area contributed by atoms with E-state index in [-0.39, 0.29) is 6.61 Å². The molecule has 0 spiro atoms. The van der Waals surface area contributed by atoms with E-state index in [4.69, 9.17) is 5.11 Å². The molecule has 0 unspecified atom stereocenters. The molecule has 0 fully saturated rings. The Balaban J connectivity index is 2.07. The third-order valence-corrected chi connectivity index (χ3v) is 3.52. The highest BCUT2D eigenvalue weighted by atomic mass is 32.2. The van der Waals surface area contributed by atoms with E-state index in [2.05, 4.69) is 34.6 Å². The average molecular weight is 236 g/mol. The van der Waals surface area contributed by atoms with Gasteiger partial charge in [0, 0.05) is 18.6 Å². The van der Waals surface area contributed by atoms with Gasteiger partial charge < -0.3 is 9.51 Å². The highest BCUT2D eigenvalue weighted by molar-refractivity contribution is 7.98. The number of thioether (sulfide) groups is 1. The highest BCUT2D eigenvalue weighted by Gasteiger charge is 2.02. The van der Waals surface area contributed by atoms with E-state index in [0.717, 1.165) is 23.6 Å². The van der Waals surface area contributed by atoms with Crippen LogP contribution in [0.5, 0.6) is 0 Å². The lowest BCUT2D eigenvalue weighted by Gasteiger charge is -2.02. The van der Waals surface area contributed by atoms with Crippen LogP contribution in [0.1, 0.15) is 17.7 Å². The Bertz CT molecular complexity index is 467. The van der Waals surface area contributed by atoms with Crippen LogP contribution >= 0.6 is 11.8 Å². The van der Waals surface area contributed by atoms with Crippen molar-refractivity contribution in [2.24, 2.45) is 0 Å². The quantitative estimate of drug-likeness (QED) is 0.809. The molecule has 4 heteroatoms. The van der Waals surface area contributed by atoms with Crippen LogP contribution in [-0.2, 0) is 5.75 Å². The number of aryl methyl sites for hydroxylation is 1. The minimum Gasteiger partial charge on any atom is -0.396 e. The zero-order valence-corrected chi connectivity index (χ0v) is 10.2. The Labute approximate surface area is 99.5 Å². The summed E-state index contributed by atoms with van der Waals surface area (Å²) in [5.41, 5.74) is 3.47. The monoisotopic (exact) mass is 236 g/mol. The molecule has 0 radical (unpaired) electrons. The van der Waals surface area contributed by atoms with Gasteiger partial charge in [0.25, 0.3) is 0 Å². The van der Waals surface area contributed by atoms with E-state index in [1.54, 1.807) is 0 Å². The number of hydrogen-bond donors (Lipinski definition) is 1. The van der Waals surface area contributed by atoms with Crippen molar-refractivity contribution in [2.45, 2.75) is 19.1 Å². The SMILES string of the molecule is Cc1ccn2c(CSCCCO)cnc2c1. The van der Waals surface area contributed by atoms with Crippen LogP contribution in [0.2, 0.25) is 0 Å². The van der Waals surface area contributed by atoms with Gasteiger partial charge in [-0.1, -0.05) is 0 Å². The standard InChI is InChI=1S/C12H16N2OS/c1-10-3-4-14-11(8-13-12(14)7-10)9-16-6-2-5-15/h3-4,7-8,15H,2,5-6,9H2,1H3. The molecule has 0 aliphatic carbocycles. The fraction of sp³-hybridized carbons (Fsp3) is 0.417. The fourth-order valence-electron chi connectivity index (χ4n) is 1.59. The molecule has 3 nitrogen and oxygen atoms in total. The topological polar surface area (TPSA) is 37.5 Å². The Morgan fingerprint density at radius 2 is 2.38 bits per heavy atom. The lowest BCUT2D eigenvalue weighted by Crippen LogP contribution is -1.92. The van der Waals surface area contributed by atoms with Gasteiger partial charge in [-0.3, -0.25) is 0 Å². The molecule has 16 heavy (non-hydrogen) atoms. The van der Waals surface area contributed by atoms with Gasteiger partial charge in [0.15, 0.2) is 0 Å². The number of pyridine rings is 1. The summed E-state index contributed by atoms with van der Waals surface area (Å²) in [4.78, 5) is 4.38. The summed E-state index contributed by atoms with van der Waals surface area (Å²) in [6.45, 7) is 2.35. The molecular formula is C12H16N2OS. The van der Waals surface area contributed by atoms with Crippen LogP contribution in [0.25, 0.3) is 5.65 Å². The van der Waals surface area contributed by atoms with Crippen LogP contribution < -0.4 is 0 Å². The normalized spacial score (nSPS) is 11.1. The Morgan fingerprint density at radius 1 is 1.50 bits per heavy atom. The maximum atomic E-state index is 8.69. The van der Waals surface area contributed by atoms with Gasteiger partial charge in [0.2, 0.25) is 0 Å². The van der Waals surface area contributed by atoms with E-state index in [0.29, 0.717) is 0 Å². The molecule has 0 aliphatic heterocycles. The first kappa shape index (κ1) is 11.5. The number of imidazole rings is 1. The van der Waals surface area contributed by atoms with Gasteiger partial charge >= 0.3 is 0 Å². The number of aromatic nitrogens is 2. The van der Waals surface area contributed by atoms with Crippen molar-refractivity contribution in [1.29, 1.82) is 0 Å². The largest absolute Gasteiger partial charge is 0.396 e. The molecule has 0 aromatic carbocycles. The number of rotatable bonds is 5. The third kappa shape index (κ3) is 2.57. The summed E-state index contributed by atoms with van der Waals surface area (Å²) in [6, 6.07) is 4.18. The first-order chi connectivity index (χ1) is 7.81.